The second-order valence-electron chi connectivity index (χ2n) is 2.65. The van der Waals surface area contributed by atoms with Crippen molar-refractivity contribution in [3.63, 3.8) is 0 Å². The number of allylic oxidation sites excluding steroid dienone is 1. The van der Waals surface area contributed by atoms with Gasteiger partial charge in [-0.2, -0.15) is 0 Å². The first-order valence-electron chi connectivity index (χ1n) is 4.21. The summed E-state index contributed by atoms with van der Waals surface area (Å²) < 4.78 is 4.71. The molecule has 0 aromatic heterocycles. The third-order valence-electron chi connectivity index (χ3n) is 1.65. The van der Waals surface area contributed by atoms with Gasteiger partial charge in [-0.1, -0.05) is 6.08 Å². The third-order valence-corrected chi connectivity index (χ3v) is 1.65. The van der Waals surface area contributed by atoms with Crippen LogP contribution >= 0.6 is 0 Å². The van der Waals surface area contributed by atoms with E-state index in [0.717, 1.165) is 4.90 Å². The summed E-state index contributed by atoms with van der Waals surface area (Å²) in [6, 6.07) is 0. The number of hydrogen-bond donors (Lipinski definition) is 1. The molecule has 0 aliphatic carbocycles. The minimum absolute atomic E-state index is 0.167. The van der Waals surface area contributed by atoms with E-state index >= 15 is 0 Å². The summed E-state index contributed by atoms with van der Waals surface area (Å²) in [7, 11) is 0. The van der Waals surface area contributed by atoms with Crippen LogP contribution in [-0.2, 0) is 9.53 Å². The highest BCUT2D eigenvalue weighted by atomic mass is 16.6. The first-order valence-corrected chi connectivity index (χ1v) is 4.21. The van der Waals surface area contributed by atoms with Crippen LogP contribution in [0.3, 0.4) is 0 Å². The lowest BCUT2D eigenvalue weighted by Crippen LogP contribution is -2.24. The van der Waals surface area contributed by atoms with E-state index in [0.29, 0.717) is 6.42 Å². The molecule has 0 bridgehead atoms. The first kappa shape index (κ1) is 10.3. The van der Waals surface area contributed by atoms with E-state index in [-0.39, 0.29) is 12.2 Å². The van der Waals surface area contributed by atoms with Gasteiger partial charge in [0.2, 0.25) is 0 Å². The lowest BCUT2D eigenvalue weighted by molar-refractivity contribution is -0.132. The average Bonchev–Trinajstić information content (AvgIpc) is 2.18. The first-order chi connectivity index (χ1) is 6.65. The molecule has 1 rings (SSSR count). The second kappa shape index (κ2) is 4.45. The van der Waals surface area contributed by atoms with Gasteiger partial charge >= 0.3 is 12.1 Å². The number of aliphatic carboxylic acids is 1. The summed E-state index contributed by atoms with van der Waals surface area (Å²) in [4.78, 5) is 22.9. The highest BCUT2D eigenvalue weighted by molar-refractivity contribution is 5.88. The van der Waals surface area contributed by atoms with Gasteiger partial charge in [-0.15, -0.1) is 0 Å². The van der Waals surface area contributed by atoms with Crippen LogP contribution in [0.2, 0.25) is 0 Å². The van der Waals surface area contributed by atoms with Crippen molar-refractivity contribution in [3.8, 4) is 0 Å². The summed E-state index contributed by atoms with van der Waals surface area (Å²) in [5, 5.41) is 8.69. The Morgan fingerprint density at radius 2 is 2.36 bits per heavy atom. The van der Waals surface area contributed by atoms with Crippen molar-refractivity contribution in [2.24, 2.45) is 0 Å². The molecule has 0 fully saturated rings. The van der Waals surface area contributed by atoms with Gasteiger partial charge < -0.3 is 9.84 Å². The normalized spacial score (nSPS) is 14.9. The third kappa shape index (κ3) is 2.35. The van der Waals surface area contributed by atoms with E-state index in [9.17, 15) is 9.59 Å². The van der Waals surface area contributed by atoms with Crippen LogP contribution in [0.5, 0.6) is 0 Å². The van der Waals surface area contributed by atoms with Gasteiger partial charge in [0.25, 0.3) is 0 Å². The Bertz CT molecular complexity index is 306. The van der Waals surface area contributed by atoms with Gasteiger partial charge in [0.05, 0.1) is 12.2 Å². The zero-order valence-corrected chi connectivity index (χ0v) is 7.77. The number of carbonyl (C=O) groups is 2. The standard InChI is InChI=1S/C9H11NO4/c1-2-14-9(13)10-5-3-4-7(6-10)8(11)12/h3,5-6H,2,4H2,1H3,(H,11,12). The van der Waals surface area contributed by atoms with Crippen LogP contribution in [0.1, 0.15) is 13.3 Å². The van der Waals surface area contributed by atoms with E-state index in [2.05, 4.69) is 0 Å². The molecule has 1 aliphatic heterocycles. The molecule has 5 nitrogen and oxygen atoms in total. The van der Waals surface area contributed by atoms with Crippen LogP contribution < -0.4 is 0 Å². The fraction of sp³-hybridized carbons (Fsp3) is 0.333. The molecule has 76 valence electrons. The van der Waals surface area contributed by atoms with E-state index in [1.165, 1.54) is 12.4 Å². The van der Waals surface area contributed by atoms with Crippen molar-refractivity contribution in [1.29, 1.82) is 0 Å². The topological polar surface area (TPSA) is 66.8 Å². The Kier molecular flexibility index (Phi) is 3.28. The predicted octanol–water partition coefficient (Wildman–Crippen LogP) is 1.33. The van der Waals surface area contributed by atoms with Crippen LogP contribution in [-0.4, -0.2) is 28.7 Å². The Morgan fingerprint density at radius 3 is 2.93 bits per heavy atom. The van der Waals surface area contributed by atoms with Crippen molar-refractivity contribution in [1.82, 2.24) is 4.90 Å². The van der Waals surface area contributed by atoms with Crippen molar-refractivity contribution in [2.45, 2.75) is 13.3 Å². The van der Waals surface area contributed by atoms with Crippen molar-refractivity contribution in [3.05, 3.63) is 24.0 Å². The van der Waals surface area contributed by atoms with E-state index in [1.54, 1.807) is 13.0 Å². The van der Waals surface area contributed by atoms with Crippen LogP contribution in [0, 0.1) is 0 Å². The van der Waals surface area contributed by atoms with Crippen LogP contribution in [0.15, 0.2) is 24.0 Å². The molecule has 0 saturated heterocycles. The quantitative estimate of drug-likeness (QED) is 0.725. The molecule has 14 heavy (non-hydrogen) atoms. The molecule has 0 unspecified atom stereocenters. The number of ether oxygens (including phenoxy) is 1. The zero-order chi connectivity index (χ0) is 10.6. The zero-order valence-electron chi connectivity index (χ0n) is 7.77. The maximum absolute atomic E-state index is 11.2. The lowest BCUT2D eigenvalue weighted by atomic mass is 10.1. The molecule has 0 saturated carbocycles. The Labute approximate surface area is 81.3 Å². The monoisotopic (exact) mass is 197 g/mol. The van der Waals surface area contributed by atoms with Gasteiger partial charge in [0.1, 0.15) is 0 Å². The molecular formula is C9H11NO4. The van der Waals surface area contributed by atoms with Gasteiger partial charge in [-0.25, -0.2) is 9.59 Å². The largest absolute Gasteiger partial charge is 0.478 e. The number of carbonyl (C=O) groups excluding carboxylic acids is 1. The molecule has 1 heterocycles. The number of carboxylic acid groups (broad SMARTS) is 1. The number of rotatable bonds is 2. The maximum atomic E-state index is 11.2. The molecule has 0 spiro atoms. The molecular weight excluding hydrogens is 186 g/mol. The minimum atomic E-state index is -1.02. The van der Waals surface area contributed by atoms with Gasteiger partial charge in [0.15, 0.2) is 0 Å². The van der Waals surface area contributed by atoms with Crippen molar-refractivity contribution in [2.75, 3.05) is 6.61 Å². The fourth-order valence-corrected chi connectivity index (χ4v) is 1.01. The highest BCUT2D eigenvalue weighted by Gasteiger charge is 2.16. The molecule has 1 amide bonds. The summed E-state index contributed by atoms with van der Waals surface area (Å²) in [6.45, 7) is 1.95. The average molecular weight is 197 g/mol. The second-order valence-corrected chi connectivity index (χ2v) is 2.65. The SMILES string of the molecule is CCOC(=O)N1C=CCC(C(=O)O)=C1. The molecule has 1 N–H and O–H groups in total. The highest BCUT2D eigenvalue weighted by Crippen LogP contribution is 2.12. The molecule has 0 aromatic carbocycles. The Balaban J connectivity index is 2.71. The van der Waals surface area contributed by atoms with E-state index < -0.39 is 12.1 Å². The number of hydrogen-bond acceptors (Lipinski definition) is 3. The van der Waals surface area contributed by atoms with Crippen molar-refractivity contribution < 1.29 is 19.4 Å². The van der Waals surface area contributed by atoms with Gasteiger partial charge in [-0.05, 0) is 6.92 Å². The Hall–Kier alpha value is -1.78. The fourth-order valence-electron chi connectivity index (χ4n) is 1.01. The molecule has 1 aliphatic rings. The smallest absolute Gasteiger partial charge is 0.417 e. The number of amides is 1. The summed E-state index contributed by atoms with van der Waals surface area (Å²) in [5.74, 6) is -1.02. The van der Waals surface area contributed by atoms with Crippen LogP contribution in [0.4, 0.5) is 4.79 Å². The summed E-state index contributed by atoms with van der Waals surface area (Å²) >= 11 is 0. The van der Waals surface area contributed by atoms with Gasteiger partial charge in [0, 0.05) is 18.8 Å². The molecule has 5 heteroatoms. The lowest BCUT2D eigenvalue weighted by Gasteiger charge is -2.17. The summed E-state index contributed by atoms with van der Waals surface area (Å²) in [6.07, 6.45) is 4.11. The summed E-state index contributed by atoms with van der Waals surface area (Å²) in [5.41, 5.74) is 0.167. The maximum Gasteiger partial charge on any atom is 0.417 e. The minimum Gasteiger partial charge on any atom is -0.478 e. The van der Waals surface area contributed by atoms with Crippen molar-refractivity contribution >= 4 is 12.1 Å². The molecule has 0 aromatic rings. The molecule has 0 radical (unpaired) electrons. The Morgan fingerprint density at radius 1 is 1.64 bits per heavy atom. The van der Waals surface area contributed by atoms with Crippen LogP contribution in [0.25, 0.3) is 0 Å². The van der Waals surface area contributed by atoms with E-state index in [1.807, 2.05) is 0 Å². The van der Waals surface area contributed by atoms with E-state index in [4.69, 9.17) is 9.84 Å². The van der Waals surface area contributed by atoms with Gasteiger partial charge in [-0.3, -0.25) is 4.90 Å². The predicted molar refractivity (Wildman–Crippen MR) is 48.3 cm³/mol. The number of nitrogens with zero attached hydrogens (tertiary/aromatic N) is 1. The number of carboxylic acids is 1. The molecule has 0 atom stereocenters.